The first-order chi connectivity index (χ1) is 8.63. The SMILES string of the molecule is C/C(N)=C1/CCCCCNCCCCC1=C(I)I. The van der Waals surface area contributed by atoms with Gasteiger partial charge < -0.3 is 11.1 Å². The maximum absolute atomic E-state index is 6.10. The molecule has 1 fully saturated rings. The van der Waals surface area contributed by atoms with Crippen molar-refractivity contribution in [1.82, 2.24) is 5.32 Å². The van der Waals surface area contributed by atoms with Crippen LogP contribution in [0.15, 0.2) is 18.4 Å². The van der Waals surface area contributed by atoms with Crippen molar-refractivity contribution in [2.75, 3.05) is 13.1 Å². The van der Waals surface area contributed by atoms with Crippen molar-refractivity contribution in [3.05, 3.63) is 18.4 Å². The van der Waals surface area contributed by atoms with E-state index in [4.69, 9.17) is 5.73 Å². The molecule has 0 atom stereocenters. The van der Waals surface area contributed by atoms with Gasteiger partial charge in [-0.1, -0.05) is 6.42 Å². The number of nitrogens with two attached hydrogens (primary N) is 1. The zero-order chi connectivity index (χ0) is 13.4. The van der Waals surface area contributed by atoms with E-state index >= 15 is 0 Å². The molecule has 0 amide bonds. The molecule has 0 aromatic rings. The topological polar surface area (TPSA) is 38.0 Å². The zero-order valence-electron chi connectivity index (χ0n) is 11.2. The van der Waals surface area contributed by atoms with E-state index in [1.165, 1.54) is 57.8 Å². The summed E-state index contributed by atoms with van der Waals surface area (Å²) in [7, 11) is 0. The van der Waals surface area contributed by atoms with Crippen LogP contribution in [0.4, 0.5) is 0 Å². The number of halogens is 2. The van der Waals surface area contributed by atoms with Gasteiger partial charge in [0.1, 0.15) is 0 Å². The number of allylic oxidation sites excluding steroid dienone is 3. The second-order valence-corrected chi connectivity index (χ2v) is 9.14. The van der Waals surface area contributed by atoms with Crippen molar-refractivity contribution in [2.24, 2.45) is 5.73 Å². The molecule has 1 rings (SSSR count). The molecule has 0 bridgehead atoms. The fraction of sp³-hybridized carbons (Fsp3) is 0.714. The summed E-state index contributed by atoms with van der Waals surface area (Å²) in [5.41, 5.74) is 10.0. The Morgan fingerprint density at radius 2 is 1.50 bits per heavy atom. The van der Waals surface area contributed by atoms with Crippen LogP contribution in [0.3, 0.4) is 0 Å². The minimum Gasteiger partial charge on any atom is -0.402 e. The molecule has 0 saturated carbocycles. The quantitative estimate of drug-likeness (QED) is 0.503. The molecular weight excluding hydrogens is 450 g/mol. The molecule has 1 saturated heterocycles. The van der Waals surface area contributed by atoms with E-state index in [0.717, 1.165) is 18.7 Å². The van der Waals surface area contributed by atoms with Crippen molar-refractivity contribution in [3.8, 4) is 0 Å². The van der Waals surface area contributed by atoms with Gasteiger partial charge >= 0.3 is 0 Å². The standard InChI is InChI=1S/C14H24I2N2/c1-11(17)12-7-3-2-5-9-18-10-6-4-8-13(12)14(15)16/h18H,2-10,17H2,1H3/b12-11+. The molecule has 3 N–H and O–H groups in total. The van der Waals surface area contributed by atoms with Gasteiger partial charge in [0.05, 0.1) is 1.59 Å². The molecule has 1 aliphatic rings. The predicted molar refractivity (Wildman–Crippen MR) is 97.1 cm³/mol. The smallest absolute Gasteiger partial charge is 0.0549 e. The average molecular weight is 474 g/mol. The van der Waals surface area contributed by atoms with E-state index in [1.54, 1.807) is 0 Å². The van der Waals surface area contributed by atoms with Gasteiger partial charge in [0.2, 0.25) is 0 Å². The minimum absolute atomic E-state index is 1.02. The highest BCUT2D eigenvalue weighted by molar-refractivity contribution is 14.2. The summed E-state index contributed by atoms with van der Waals surface area (Å²) in [6.07, 6.45) is 8.69. The van der Waals surface area contributed by atoms with Crippen LogP contribution in [0.5, 0.6) is 0 Å². The molecule has 2 nitrogen and oxygen atoms in total. The lowest BCUT2D eigenvalue weighted by molar-refractivity contribution is 0.568. The van der Waals surface area contributed by atoms with Gasteiger partial charge in [-0.25, -0.2) is 0 Å². The lowest BCUT2D eigenvalue weighted by Gasteiger charge is -2.16. The van der Waals surface area contributed by atoms with Crippen LogP contribution in [0.25, 0.3) is 0 Å². The maximum atomic E-state index is 6.10. The Balaban J connectivity index is 2.79. The van der Waals surface area contributed by atoms with E-state index < -0.39 is 0 Å². The van der Waals surface area contributed by atoms with Crippen molar-refractivity contribution >= 4 is 45.2 Å². The second kappa shape index (κ2) is 9.58. The third-order valence-corrected chi connectivity index (χ3v) is 4.68. The van der Waals surface area contributed by atoms with Gasteiger partial charge in [-0.05, 0) is 115 Å². The Bertz CT molecular complexity index is 282. The monoisotopic (exact) mass is 474 g/mol. The highest BCUT2D eigenvalue weighted by atomic mass is 127. The molecule has 0 unspecified atom stereocenters. The Hall–Kier alpha value is 0.700. The summed E-state index contributed by atoms with van der Waals surface area (Å²) < 4.78 is 1.38. The second-order valence-electron chi connectivity index (χ2n) is 4.92. The van der Waals surface area contributed by atoms with Crippen LogP contribution >= 0.6 is 45.2 Å². The van der Waals surface area contributed by atoms with E-state index in [-0.39, 0.29) is 0 Å². The van der Waals surface area contributed by atoms with Gasteiger partial charge in [0.15, 0.2) is 0 Å². The van der Waals surface area contributed by atoms with Crippen LogP contribution in [0.2, 0.25) is 0 Å². The summed E-state index contributed by atoms with van der Waals surface area (Å²) in [6, 6.07) is 0. The molecule has 0 radical (unpaired) electrons. The maximum Gasteiger partial charge on any atom is 0.0549 e. The van der Waals surface area contributed by atoms with Crippen molar-refractivity contribution in [1.29, 1.82) is 0 Å². The largest absolute Gasteiger partial charge is 0.402 e. The van der Waals surface area contributed by atoms with E-state index in [0.29, 0.717) is 0 Å². The number of hydrogen-bond acceptors (Lipinski definition) is 2. The van der Waals surface area contributed by atoms with Gasteiger partial charge in [-0.2, -0.15) is 0 Å². The Labute approximate surface area is 139 Å². The third kappa shape index (κ3) is 6.23. The predicted octanol–water partition coefficient (Wildman–Crippen LogP) is 4.63. The highest BCUT2D eigenvalue weighted by Crippen LogP contribution is 2.33. The lowest BCUT2D eigenvalue weighted by Crippen LogP contribution is -2.17. The normalized spacial score (nSPS) is 22.9. The number of rotatable bonds is 0. The molecule has 0 aromatic heterocycles. The Morgan fingerprint density at radius 1 is 0.944 bits per heavy atom. The third-order valence-electron chi connectivity index (χ3n) is 3.38. The van der Waals surface area contributed by atoms with Gasteiger partial charge in [0.25, 0.3) is 0 Å². The first-order valence-electron chi connectivity index (χ1n) is 6.83. The molecule has 0 spiro atoms. The Kier molecular flexibility index (Phi) is 8.92. The molecule has 1 heterocycles. The van der Waals surface area contributed by atoms with Crippen molar-refractivity contribution in [2.45, 2.75) is 51.9 Å². The summed E-state index contributed by atoms with van der Waals surface area (Å²) in [4.78, 5) is 0. The van der Waals surface area contributed by atoms with Gasteiger partial charge in [-0.3, -0.25) is 0 Å². The van der Waals surface area contributed by atoms with Crippen LogP contribution in [-0.2, 0) is 0 Å². The number of hydrogen-bond donors (Lipinski definition) is 2. The first-order valence-corrected chi connectivity index (χ1v) is 8.99. The van der Waals surface area contributed by atoms with Crippen LogP contribution in [-0.4, -0.2) is 13.1 Å². The molecule has 104 valence electrons. The highest BCUT2D eigenvalue weighted by Gasteiger charge is 2.11. The van der Waals surface area contributed by atoms with Crippen molar-refractivity contribution in [3.63, 3.8) is 0 Å². The zero-order valence-corrected chi connectivity index (χ0v) is 15.5. The summed E-state index contributed by atoms with van der Waals surface area (Å²) in [5, 5.41) is 3.52. The lowest BCUT2D eigenvalue weighted by atomic mass is 9.95. The molecule has 1 aliphatic heterocycles. The molecule has 18 heavy (non-hydrogen) atoms. The fourth-order valence-electron chi connectivity index (χ4n) is 2.35. The minimum atomic E-state index is 1.02. The van der Waals surface area contributed by atoms with Crippen LogP contribution in [0, 0.1) is 0 Å². The first kappa shape index (κ1) is 16.8. The number of nitrogens with one attached hydrogen (secondary N) is 1. The average Bonchev–Trinajstić information content (AvgIpc) is 2.28. The molecule has 0 aromatic carbocycles. The molecule has 4 heteroatoms. The summed E-state index contributed by atoms with van der Waals surface area (Å²) >= 11 is 4.88. The summed E-state index contributed by atoms with van der Waals surface area (Å²) in [6.45, 7) is 4.39. The molecular formula is C14H24I2N2. The van der Waals surface area contributed by atoms with Gasteiger partial charge in [0, 0.05) is 5.70 Å². The van der Waals surface area contributed by atoms with Crippen LogP contribution < -0.4 is 11.1 Å². The van der Waals surface area contributed by atoms with Crippen LogP contribution in [0.1, 0.15) is 51.9 Å². The van der Waals surface area contributed by atoms with Crippen molar-refractivity contribution < 1.29 is 0 Å². The van der Waals surface area contributed by atoms with Gasteiger partial charge in [-0.15, -0.1) is 0 Å². The summed E-state index contributed by atoms with van der Waals surface area (Å²) in [5.74, 6) is 0. The Morgan fingerprint density at radius 3 is 2.11 bits per heavy atom. The molecule has 0 aliphatic carbocycles. The van der Waals surface area contributed by atoms with E-state index in [2.05, 4.69) is 57.4 Å². The van der Waals surface area contributed by atoms with E-state index in [1.807, 2.05) is 0 Å². The fourth-order valence-corrected chi connectivity index (χ4v) is 3.54. The van der Waals surface area contributed by atoms with E-state index in [9.17, 15) is 0 Å².